The molecule has 0 saturated carbocycles. The van der Waals surface area contributed by atoms with Crippen molar-refractivity contribution in [3.8, 4) is 5.75 Å². The maximum absolute atomic E-state index is 11.3. The minimum Gasteiger partial charge on any atom is -0.506 e. The number of hydrogen-bond acceptors (Lipinski definition) is 3. The molecule has 0 bridgehead atoms. The van der Waals surface area contributed by atoms with E-state index in [9.17, 15) is 4.79 Å². The van der Waals surface area contributed by atoms with Crippen LogP contribution in [0.5, 0.6) is 5.75 Å². The minimum atomic E-state index is -0.0756. The van der Waals surface area contributed by atoms with Gasteiger partial charge in [-0.05, 0) is 6.07 Å². The van der Waals surface area contributed by atoms with Crippen LogP contribution in [0.3, 0.4) is 0 Å². The molecule has 12 heavy (non-hydrogen) atoms. The monoisotopic (exact) mass is 164 g/mol. The van der Waals surface area contributed by atoms with E-state index in [4.69, 9.17) is 5.11 Å². The molecule has 0 fully saturated rings. The van der Waals surface area contributed by atoms with Crippen LogP contribution in [-0.2, 0) is 6.54 Å². The summed E-state index contributed by atoms with van der Waals surface area (Å²) >= 11 is 0. The number of aromatic hydroxyl groups is 1. The van der Waals surface area contributed by atoms with E-state index in [-0.39, 0.29) is 11.7 Å². The topological polar surface area (TPSA) is 53.4 Å². The van der Waals surface area contributed by atoms with Crippen LogP contribution < -0.4 is 0 Å². The minimum absolute atomic E-state index is 0.0393. The molecule has 62 valence electrons. The summed E-state index contributed by atoms with van der Waals surface area (Å²) in [4.78, 5) is 16.8. The van der Waals surface area contributed by atoms with Gasteiger partial charge in [0.15, 0.2) is 0 Å². The van der Waals surface area contributed by atoms with E-state index in [1.807, 2.05) is 0 Å². The number of fused-ring (bicyclic) bond motifs is 1. The molecule has 0 atom stereocenters. The summed E-state index contributed by atoms with van der Waals surface area (Å²) in [5.74, 6) is -0.0363. The maximum atomic E-state index is 11.3. The zero-order valence-electron chi connectivity index (χ0n) is 6.61. The fourth-order valence-corrected chi connectivity index (χ4v) is 1.30. The summed E-state index contributed by atoms with van der Waals surface area (Å²) in [6, 6.07) is 1.45. The van der Waals surface area contributed by atoms with Gasteiger partial charge < -0.3 is 10.0 Å². The number of hydrogen-bond donors (Lipinski definition) is 1. The Morgan fingerprint density at radius 3 is 3.17 bits per heavy atom. The third kappa shape index (κ3) is 0.845. The molecule has 1 aromatic heterocycles. The molecular formula is C8H8N2O2. The first-order chi connectivity index (χ1) is 5.68. The van der Waals surface area contributed by atoms with Gasteiger partial charge >= 0.3 is 0 Å². The lowest BCUT2D eigenvalue weighted by Crippen LogP contribution is -2.17. The molecule has 1 amide bonds. The lowest BCUT2D eigenvalue weighted by Gasteiger charge is -2.03. The Balaban J connectivity index is 2.56. The highest BCUT2D eigenvalue weighted by atomic mass is 16.3. The van der Waals surface area contributed by atoms with Crippen LogP contribution in [0.4, 0.5) is 0 Å². The molecule has 0 saturated heterocycles. The average Bonchev–Trinajstić information content (AvgIpc) is 2.31. The third-order valence-electron chi connectivity index (χ3n) is 1.92. The van der Waals surface area contributed by atoms with Gasteiger partial charge in [0.2, 0.25) is 0 Å². The van der Waals surface area contributed by atoms with Crippen LogP contribution in [0.1, 0.15) is 16.1 Å². The molecule has 0 spiro atoms. The second-order valence-electron chi connectivity index (χ2n) is 2.85. The number of carbonyl (C=O) groups is 1. The zero-order valence-corrected chi connectivity index (χ0v) is 6.61. The number of amides is 1. The number of nitrogens with zero attached hydrogens (tertiary/aromatic N) is 2. The van der Waals surface area contributed by atoms with Crippen molar-refractivity contribution >= 4 is 5.91 Å². The van der Waals surface area contributed by atoms with E-state index in [1.54, 1.807) is 11.9 Å². The first kappa shape index (κ1) is 7.09. The van der Waals surface area contributed by atoms with Gasteiger partial charge in [-0.25, -0.2) is 0 Å². The van der Waals surface area contributed by atoms with Gasteiger partial charge in [0.05, 0.1) is 24.0 Å². The number of aromatic nitrogens is 1. The Kier molecular flexibility index (Phi) is 1.30. The Hall–Kier alpha value is -1.58. The Morgan fingerprint density at radius 2 is 2.42 bits per heavy atom. The van der Waals surface area contributed by atoms with Gasteiger partial charge in [-0.3, -0.25) is 9.78 Å². The van der Waals surface area contributed by atoms with Crippen molar-refractivity contribution in [3.05, 3.63) is 23.5 Å². The standard InChI is InChI=1S/C8H8N2O2/c1-10-4-7-6(8(10)12)2-5(11)3-9-7/h2-3,11H,4H2,1H3. The van der Waals surface area contributed by atoms with Crippen LogP contribution in [0.2, 0.25) is 0 Å². The van der Waals surface area contributed by atoms with E-state index < -0.39 is 0 Å². The normalized spacial score (nSPS) is 15.1. The Morgan fingerprint density at radius 1 is 1.67 bits per heavy atom. The molecule has 0 radical (unpaired) electrons. The lowest BCUT2D eigenvalue weighted by atomic mass is 10.2. The van der Waals surface area contributed by atoms with E-state index in [2.05, 4.69) is 4.98 Å². The molecule has 2 rings (SSSR count). The van der Waals surface area contributed by atoms with E-state index in [0.717, 1.165) is 5.69 Å². The molecule has 0 aromatic carbocycles. The quantitative estimate of drug-likeness (QED) is 0.602. The molecule has 4 nitrogen and oxygen atoms in total. The second kappa shape index (κ2) is 2.20. The summed E-state index contributed by atoms with van der Waals surface area (Å²) in [5, 5.41) is 9.07. The molecule has 0 unspecified atom stereocenters. The van der Waals surface area contributed by atoms with Crippen molar-refractivity contribution in [1.29, 1.82) is 0 Å². The molecule has 1 aliphatic rings. The fraction of sp³-hybridized carbons (Fsp3) is 0.250. The van der Waals surface area contributed by atoms with E-state index in [0.29, 0.717) is 12.1 Å². The summed E-state index contributed by atoms with van der Waals surface area (Å²) in [5.41, 5.74) is 1.25. The molecule has 4 heteroatoms. The molecule has 2 heterocycles. The van der Waals surface area contributed by atoms with Crippen molar-refractivity contribution in [3.63, 3.8) is 0 Å². The zero-order chi connectivity index (χ0) is 8.72. The van der Waals surface area contributed by atoms with Crippen LogP contribution in [0.15, 0.2) is 12.3 Å². The molecular weight excluding hydrogens is 156 g/mol. The molecule has 1 N–H and O–H groups in total. The van der Waals surface area contributed by atoms with Crippen molar-refractivity contribution < 1.29 is 9.90 Å². The Labute approximate surface area is 69.5 Å². The van der Waals surface area contributed by atoms with Gasteiger partial charge in [-0.2, -0.15) is 0 Å². The number of rotatable bonds is 0. The fourth-order valence-electron chi connectivity index (χ4n) is 1.30. The highest BCUT2D eigenvalue weighted by molar-refractivity contribution is 5.97. The third-order valence-corrected chi connectivity index (χ3v) is 1.92. The van der Waals surface area contributed by atoms with Crippen LogP contribution in [0, 0.1) is 0 Å². The summed E-state index contributed by atoms with van der Waals surface area (Å²) in [7, 11) is 1.71. The summed E-state index contributed by atoms with van der Waals surface area (Å²) in [6.07, 6.45) is 1.35. The predicted octanol–water partition coefficient (Wildman–Crippen LogP) is 0.373. The van der Waals surface area contributed by atoms with Crippen molar-refractivity contribution in [2.45, 2.75) is 6.54 Å². The SMILES string of the molecule is CN1Cc2ncc(O)cc2C1=O. The van der Waals surface area contributed by atoms with Gasteiger partial charge in [-0.1, -0.05) is 0 Å². The van der Waals surface area contributed by atoms with E-state index >= 15 is 0 Å². The summed E-state index contributed by atoms with van der Waals surface area (Å²) in [6.45, 7) is 0.536. The average molecular weight is 164 g/mol. The van der Waals surface area contributed by atoms with Crippen molar-refractivity contribution in [1.82, 2.24) is 9.88 Å². The second-order valence-corrected chi connectivity index (χ2v) is 2.85. The van der Waals surface area contributed by atoms with Crippen molar-refractivity contribution in [2.75, 3.05) is 7.05 Å². The Bertz CT molecular complexity index is 349. The molecule has 1 aliphatic heterocycles. The molecule has 1 aromatic rings. The van der Waals surface area contributed by atoms with Crippen LogP contribution >= 0.6 is 0 Å². The van der Waals surface area contributed by atoms with Crippen LogP contribution in [-0.4, -0.2) is 27.9 Å². The number of carbonyl (C=O) groups excluding carboxylic acids is 1. The van der Waals surface area contributed by atoms with Gasteiger partial charge in [-0.15, -0.1) is 0 Å². The van der Waals surface area contributed by atoms with Crippen molar-refractivity contribution in [2.24, 2.45) is 0 Å². The predicted molar refractivity (Wildman–Crippen MR) is 41.7 cm³/mol. The van der Waals surface area contributed by atoms with Gasteiger partial charge in [0.25, 0.3) is 5.91 Å². The highest BCUT2D eigenvalue weighted by Crippen LogP contribution is 2.22. The van der Waals surface area contributed by atoms with E-state index in [1.165, 1.54) is 12.3 Å². The van der Waals surface area contributed by atoms with Gasteiger partial charge in [0.1, 0.15) is 5.75 Å². The van der Waals surface area contributed by atoms with Gasteiger partial charge in [0, 0.05) is 7.05 Å². The molecule has 0 aliphatic carbocycles. The first-order valence-corrected chi connectivity index (χ1v) is 3.62. The first-order valence-electron chi connectivity index (χ1n) is 3.62. The maximum Gasteiger partial charge on any atom is 0.256 e. The number of pyridine rings is 1. The lowest BCUT2D eigenvalue weighted by molar-refractivity contribution is 0.0816. The smallest absolute Gasteiger partial charge is 0.256 e. The highest BCUT2D eigenvalue weighted by Gasteiger charge is 2.25. The summed E-state index contributed by atoms with van der Waals surface area (Å²) < 4.78 is 0. The van der Waals surface area contributed by atoms with Crippen LogP contribution in [0.25, 0.3) is 0 Å². The largest absolute Gasteiger partial charge is 0.506 e.